The average molecular weight is 719 g/mol. The van der Waals surface area contributed by atoms with Gasteiger partial charge in [-0.2, -0.15) is 0 Å². The van der Waals surface area contributed by atoms with Gasteiger partial charge in [-0.05, 0) is 104 Å². The number of allylic oxidation sites excluding steroid dienone is 1. The molecule has 1 aliphatic heterocycles. The molecule has 0 amide bonds. The Balaban J connectivity index is 1.17. The molecule has 0 bridgehead atoms. The molecule has 0 saturated carbocycles. The minimum absolute atomic E-state index is 0.0665. The predicted molar refractivity (Wildman–Crippen MR) is 232 cm³/mol. The Bertz CT molecular complexity index is 3070. The smallest absolute Gasteiger partial charge is 0.132 e. The Morgan fingerprint density at radius 1 is 0.482 bits per heavy atom. The van der Waals surface area contributed by atoms with E-state index in [2.05, 4.69) is 205 Å². The minimum atomic E-state index is -0.0665. The van der Waals surface area contributed by atoms with E-state index in [-0.39, 0.29) is 6.17 Å². The Labute approximate surface area is 328 Å². The van der Waals surface area contributed by atoms with E-state index in [1.165, 1.54) is 99.3 Å². The first kappa shape index (κ1) is 32.8. The van der Waals surface area contributed by atoms with E-state index in [4.69, 9.17) is 0 Å². The van der Waals surface area contributed by atoms with Crippen LogP contribution < -0.4 is 9.13 Å². The van der Waals surface area contributed by atoms with Crippen LogP contribution in [0.15, 0.2) is 176 Å². The summed E-state index contributed by atoms with van der Waals surface area (Å²) >= 11 is 0. The van der Waals surface area contributed by atoms with Crippen LogP contribution in [0.1, 0.15) is 60.2 Å². The summed E-state index contributed by atoms with van der Waals surface area (Å²) in [4.78, 5) is 0. The van der Waals surface area contributed by atoms with Crippen molar-refractivity contribution < 1.29 is 9.13 Å². The van der Waals surface area contributed by atoms with Gasteiger partial charge in [-0.25, -0.2) is 0 Å². The number of hydrogen-bond acceptors (Lipinski definition) is 0. The maximum absolute atomic E-state index is 2.57. The molecule has 7 aromatic carbocycles. The third kappa shape index (κ3) is 5.02. The van der Waals surface area contributed by atoms with Gasteiger partial charge in [0.1, 0.15) is 5.56 Å². The Hall–Kier alpha value is -6.64. The van der Waals surface area contributed by atoms with Crippen molar-refractivity contribution in [1.29, 1.82) is 0 Å². The molecule has 2 heteroatoms. The van der Waals surface area contributed by atoms with Crippen LogP contribution in [0.2, 0.25) is 0 Å². The van der Waals surface area contributed by atoms with E-state index in [1.54, 1.807) is 0 Å². The number of fused-ring (bicyclic) bond motifs is 11. The number of hydrogen-bond donors (Lipinski definition) is 0. The van der Waals surface area contributed by atoms with E-state index in [0.29, 0.717) is 5.92 Å². The molecule has 1 aliphatic carbocycles. The Morgan fingerprint density at radius 2 is 1.09 bits per heavy atom. The zero-order valence-electron chi connectivity index (χ0n) is 31.8. The lowest BCUT2D eigenvalue weighted by Gasteiger charge is -2.21. The summed E-state index contributed by atoms with van der Waals surface area (Å²) in [5.74, 6) is 0.376. The predicted octanol–water partition coefficient (Wildman–Crippen LogP) is 12.7. The van der Waals surface area contributed by atoms with Crippen LogP contribution in [0.5, 0.6) is 0 Å². The van der Waals surface area contributed by atoms with Gasteiger partial charge in [0.25, 0.3) is 0 Å². The molecule has 9 aromatic rings. The lowest BCUT2D eigenvalue weighted by molar-refractivity contribution is -0.920. The average Bonchev–Trinajstić information content (AvgIpc) is 3.58. The quantitative estimate of drug-likeness (QED) is 0.160. The van der Waals surface area contributed by atoms with E-state index < -0.39 is 0 Å². The van der Waals surface area contributed by atoms with Gasteiger partial charge in [0, 0.05) is 11.6 Å². The fourth-order valence-electron chi connectivity index (χ4n) is 9.80. The van der Waals surface area contributed by atoms with Crippen LogP contribution in [-0.4, -0.2) is 0 Å². The highest BCUT2D eigenvalue weighted by molar-refractivity contribution is 6.04. The maximum atomic E-state index is 2.57. The second-order valence-electron chi connectivity index (χ2n) is 15.8. The molecule has 0 saturated heterocycles. The third-order valence-corrected chi connectivity index (χ3v) is 12.3. The highest BCUT2D eigenvalue weighted by Crippen LogP contribution is 2.43. The molecule has 56 heavy (non-hydrogen) atoms. The Kier molecular flexibility index (Phi) is 7.60. The van der Waals surface area contributed by atoms with Crippen molar-refractivity contribution in [1.82, 2.24) is 0 Å². The van der Waals surface area contributed by atoms with Crippen LogP contribution >= 0.6 is 0 Å². The molecular weight excluding hydrogens is 677 g/mol. The molecule has 1 atom stereocenters. The monoisotopic (exact) mass is 718 g/mol. The summed E-state index contributed by atoms with van der Waals surface area (Å²) in [6.45, 7) is 4.64. The molecule has 0 spiro atoms. The van der Waals surface area contributed by atoms with Gasteiger partial charge >= 0.3 is 6.17 Å². The number of nitrogens with zero attached hydrogens (tertiary/aromatic N) is 2. The first-order valence-electron chi connectivity index (χ1n) is 20.0. The number of pyridine rings is 2. The summed E-state index contributed by atoms with van der Waals surface area (Å²) < 4.78 is 5.13. The summed E-state index contributed by atoms with van der Waals surface area (Å²) in [6.07, 6.45) is 9.10. The normalized spacial score (nSPS) is 14.6. The molecule has 0 radical (unpaired) electrons. The highest BCUT2D eigenvalue weighted by Gasteiger charge is 2.46. The van der Waals surface area contributed by atoms with Gasteiger partial charge in [-0.3, -0.25) is 0 Å². The zero-order valence-corrected chi connectivity index (χ0v) is 31.8. The first-order chi connectivity index (χ1) is 27.6. The lowest BCUT2D eigenvalue weighted by Crippen LogP contribution is -2.57. The number of rotatable bonds is 4. The van der Waals surface area contributed by atoms with Gasteiger partial charge in [-0.15, -0.1) is 9.13 Å². The largest absolute Gasteiger partial charge is 0.381 e. The van der Waals surface area contributed by atoms with Gasteiger partial charge in [0.15, 0.2) is 12.4 Å². The van der Waals surface area contributed by atoms with Gasteiger partial charge in [0.05, 0.1) is 21.9 Å². The maximum Gasteiger partial charge on any atom is 0.381 e. The molecule has 2 aromatic heterocycles. The fraction of sp³-hybridized carbons (Fsp3) is 0.111. The standard InChI is InChI=1S/C54H42N2/c1-35(2)50-34-56-53(47-24-12-10-22-45(47)50)48-25-13-14-26-49(48)54(56)55-32-31-37-16-4-8-21-44(37)52(55)46-23-11-9-18-41(46)40-30-29-38-28-27-36-15-3-6-19-42(36)51(38)43-20-7-5-17-39(43)33-40/h3-28,31-35,54H,29-30H2,1-2H3/q+2. The second kappa shape index (κ2) is 13.0. The topological polar surface area (TPSA) is 7.76 Å². The Morgan fingerprint density at radius 3 is 1.89 bits per heavy atom. The summed E-state index contributed by atoms with van der Waals surface area (Å²) in [7, 11) is 0. The first-order valence-corrected chi connectivity index (χ1v) is 20.0. The van der Waals surface area contributed by atoms with Crippen molar-refractivity contribution in [3.8, 4) is 33.6 Å². The van der Waals surface area contributed by atoms with Crippen molar-refractivity contribution in [3.05, 3.63) is 204 Å². The van der Waals surface area contributed by atoms with Gasteiger partial charge < -0.3 is 0 Å². The van der Waals surface area contributed by atoms with Crippen LogP contribution in [0.3, 0.4) is 0 Å². The van der Waals surface area contributed by atoms with Crippen LogP contribution in [0.25, 0.3) is 77.6 Å². The van der Waals surface area contributed by atoms with E-state index in [1.807, 2.05) is 0 Å². The molecule has 0 fully saturated rings. The minimum Gasteiger partial charge on any atom is -0.132 e. The molecule has 2 nitrogen and oxygen atoms in total. The lowest BCUT2D eigenvalue weighted by atomic mass is 9.83. The van der Waals surface area contributed by atoms with Crippen molar-refractivity contribution in [3.63, 3.8) is 0 Å². The summed E-state index contributed by atoms with van der Waals surface area (Å²) in [5, 5.41) is 7.76. The molecule has 11 rings (SSSR count). The fourth-order valence-corrected chi connectivity index (χ4v) is 9.80. The number of aryl methyl sites for hydroxylation is 1. The molecular formula is C54H42N2+2. The zero-order chi connectivity index (χ0) is 37.3. The molecule has 1 unspecified atom stereocenters. The van der Waals surface area contributed by atoms with Gasteiger partial charge in [-0.1, -0.05) is 147 Å². The van der Waals surface area contributed by atoms with Crippen molar-refractivity contribution in [2.24, 2.45) is 0 Å². The van der Waals surface area contributed by atoms with Crippen LogP contribution in [0, 0.1) is 0 Å². The molecule has 0 N–H and O–H groups in total. The summed E-state index contributed by atoms with van der Waals surface area (Å²) in [6, 6.07) is 60.9. The summed E-state index contributed by atoms with van der Waals surface area (Å²) in [5.41, 5.74) is 15.8. The molecule has 266 valence electrons. The van der Waals surface area contributed by atoms with Crippen molar-refractivity contribution in [2.75, 3.05) is 0 Å². The van der Waals surface area contributed by atoms with E-state index >= 15 is 0 Å². The molecule has 3 heterocycles. The SMILES string of the molecule is CC(C)c1c[n+]2c(c3ccccc13)-c1ccccc1C2[n+]1ccc2ccccc2c1-c1ccccc1C1=Cc2ccccc2-c2c(ccc3ccccc23)CC1. The van der Waals surface area contributed by atoms with Crippen molar-refractivity contribution in [2.45, 2.75) is 38.8 Å². The highest BCUT2D eigenvalue weighted by atomic mass is 15.2. The van der Waals surface area contributed by atoms with Crippen molar-refractivity contribution >= 4 is 44.0 Å². The number of benzene rings is 7. The van der Waals surface area contributed by atoms with Gasteiger partial charge in [0.2, 0.25) is 11.4 Å². The second-order valence-corrected chi connectivity index (χ2v) is 15.8. The van der Waals surface area contributed by atoms with E-state index in [9.17, 15) is 0 Å². The van der Waals surface area contributed by atoms with E-state index in [0.717, 1.165) is 12.8 Å². The van der Waals surface area contributed by atoms with Crippen LogP contribution in [0.4, 0.5) is 0 Å². The number of aromatic nitrogens is 2. The van der Waals surface area contributed by atoms with Crippen LogP contribution in [-0.2, 0) is 6.42 Å². The molecule has 2 aliphatic rings. The third-order valence-electron chi connectivity index (χ3n) is 12.3.